The molecule has 4 nitrogen and oxygen atoms in total. The third-order valence-corrected chi connectivity index (χ3v) is 3.52. The number of carboxylic acid groups (broad SMARTS) is 1. The van der Waals surface area contributed by atoms with Crippen LogP contribution >= 0.6 is 0 Å². The van der Waals surface area contributed by atoms with E-state index in [1.165, 1.54) is 19.3 Å². The normalized spacial score (nSPS) is 21.9. The zero-order chi connectivity index (χ0) is 12.8. The Labute approximate surface area is 103 Å². The summed E-state index contributed by atoms with van der Waals surface area (Å²) in [7, 11) is 0. The van der Waals surface area contributed by atoms with E-state index >= 15 is 0 Å². The van der Waals surface area contributed by atoms with E-state index in [0.717, 1.165) is 12.8 Å². The summed E-state index contributed by atoms with van der Waals surface area (Å²) in [5.74, 6) is -1.35. The molecule has 0 saturated carbocycles. The van der Waals surface area contributed by atoms with Crippen LogP contribution in [0.2, 0.25) is 0 Å². The second-order valence-corrected chi connectivity index (χ2v) is 4.98. The topological polar surface area (TPSA) is 57.6 Å². The minimum absolute atomic E-state index is 0.000363. The van der Waals surface area contributed by atoms with Gasteiger partial charge in [0.05, 0.1) is 5.92 Å². The fourth-order valence-electron chi connectivity index (χ4n) is 2.35. The molecule has 1 aliphatic heterocycles. The summed E-state index contributed by atoms with van der Waals surface area (Å²) in [5, 5.41) is 8.90. The van der Waals surface area contributed by atoms with Crippen LogP contribution in [0.3, 0.4) is 0 Å². The smallest absolute Gasteiger partial charge is 0.308 e. The number of likely N-dealkylation sites (tertiary alicyclic amines) is 1. The van der Waals surface area contributed by atoms with Crippen molar-refractivity contribution in [1.29, 1.82) is 0 Å². The quantitative estimate of drug-likeness (QED) is 0.696. The molecule has 0 aromatic rings. The molecular formula is C13H23NO3. The lowest BCUT2D eigenvalue weighted by Gasteiger charge is -2.24. The van der Waals surface area contributed by atoms with Crippen molar-refractivity contribution in [2.75, 3.05) is 6.54 Å². The lowest BCUT2D eigenvalue weighted by molar-refractivity contribution is -0.141. The van der Waals surface area contributed by atoms with Crippen LogP contribution in [0.5, 0.6) is 0 Å². The SMILES string of the molecule is CCCCCCC(C)N1CC(C(=O)O)CC1=O. The van der Waals surface area contributed by atoms with Gasteiger partial charge in [-0.2, -0.15) is 0 Å². The zero-order valence-electron chi connectivity index (χ0n) is 10.8. The van der Waals surface area contributed by atoms with E-state index in [2.05, 4.69) is 6.92 Å². The molecule has 2 atom stereocenters. The van der Waals surface area contributed by atoms with E-state index in [9.17, 15) is 9.59 Å². The van der Waals surface area contributed by atoms with Gasteiger partial charge in [-0.15, -0.1) is 0 Å². The minimum Gasteiger partial charge on any atom is -0.481 e. The molecule has 0 bridgehead atoms. The maximum atomic E-state index is 11.7. The van der Waals surface area contributed by atoms with Gasteiger partial charge in [0.2, 0.25) is 5.91 Å². The summed E-state index contributed by atoms with van der Waals surface area (Å²) in [6, 6.07) is 0.184. The van der Waals surface area contributed by atoms with Gasteiger partial charge in [0.15, 0.2) is 0 Å². The maximum Gasteiger partial charge on any atom is 0.308 e. The van der Waals surface area contributed by atoms with Gasteiger partial charge in [0.1, 0.15) is 0 Å². The Morgan fingerprint density at radius 3 is 2.71 bits per heavy atom. The number of aliphatic carboxylic acids is 1. The van der Waals surface area contributed by atoms with Crippen LogP contribution in [0.15, 0.2) is 0 Å². The highest BCUT2D eigenvalue weighted by atomic mass is 16.4. The number of hydrogen-bond donors (Lipinski definition) is 1. The van der Waals surface area contributed by atoms with Crippen molar-refractivity contribution in [1.82, 2.24) is 4.90 Å². The first-order valence-electron chi connectivity index (χ1n) is 6.58. The van der Waals surface area contributed by atoms with E-state index in [-0.39, 0.29) is 18.4 Å². The molecule has 1 amide bonds. The lowest BCUT2D eigenvalue weighted by atomic mass is 10.1. The van der Waals surface area contributed by atoms with Gasteiger partial charge in [-0.05, 0) is 13.3 Å². The first-order chi connectivity index (χ1) is 8.06. The van der Waals surface area contributed by atoms with E-state index in [0.29, 0.717) is 6.54 Å². The first-order valence-corrected chi connectivity index (χ1v) is 6.58. The summed E-state index contributed by atoms with van der Waals surface area (Å²) < 4.78 is 0. The first kappa shape index (κ1) is 14.0. The molecule has 2 unspecified atom stereocenters. The number of unbranched alkanes of at least 4 members (excludes halogenated alkanes) is 3. The number of rotatable bonds is 7. The van der Waals surface area contributed by atoms with E-state index < -0.39 is 11.9 Å². The van der Waals surface area contributed by atoms with Crippen molar-refractivity contribution < 1.29 is 14.7 Å². The highest BCUT2D eigenvalue weighted by Crippen LogP contribution is 2.22. The Bertz CT molecular complexity index is 278. The fraction of sp³-hybridized carbons (Fsp3) is 0.846. The summed E-state index contributed by atoms with van der Waals surface area (Å²) in [6.45, 7) is 4.59. The molecule has 0 spiro atoms. The average molecular weight is 241 g/mol. The van der Waals surface area contributed by atoms with E-state index in [4.69, 9.17) is 5.11 Å². The minimum atomic E-state index is -0.848. The molecule has 98 valence electrons. The van der Waals surface area contributed by atoms with E-state index in [1.807, 2.05) is 6.92 Å². The second-order valence-electron chi connectivity index (χ2n) is 4.98. The standard InChI is InChI=1S/C13H23NO3/c1-3-4-5-6-7-10(2)14-9-11(13(16)17)8-12(14)15/h10-11H,3-9H2,1-2H3,(H,16,17). The molecule has 1 saturated heterocycles. The van der Waals surface area contributed by atoms with Gasteiger partial charge in [-0.25, -0.2) is 0 Å². The van der Waals surface area contributed by atoms with Crippen LogP contribution in [-0.4, -0.2) is 34.5 Å². The van der Waals surface area contributed by atoms with Crippen molar-refractivity contribution in [2.45, 2.75) is 58.4 Å². The molecule has 0 aliphatic carbocycles. The van der Waals surface area contributed by atoms with Crippen molar-refractivity contribution in [3.8, 4) is 0 Å². The number of nitrogens with zero attached hydrogens (tertiary/aromatic N) is 1. The van der Waals surface area contributed by atoms with E-state index in [1.54, 1.807) is 4.90 Å². The molecule has 0 aromatic heterocycles. The Balaban J connectivity index is 2.34. The summed E-state index contributed by atoms with van der Waals surface area (Å²) in [6.07, 6.45) is 5.92. The van der Waals surface area contributed by atoms with Gasteiger partial charge in [-0.1, -0.05) is 32.6 Å². The fourth-order valence-corrected chi connectivity index (χ4v) is 2.35. The second kappa shape index (κ2) is 6.62. The molecule has 1 fully saturated rings. The molecule has 1 rings (SSSR count). The van der Waals surface area contributed by atoms with Crippen LogP contribution in [-0.2, 0) is 9.59 Å². The van der Waals surface area contributed by atoms with Crippen LogP contribution in [0.25, 0.3) is 0 Å². The van der Waals surface area contributed by atoms with Crippen molar-refractivity contribution >= 4 is 11.9 Å². The number of carbonyl (C=O) groups excluding carboxylic acids is 1. The van der Waals surface area contributed by atoms with Crippen molar-refractivity contribution in [2.24, 2.45) is 5.92 Å². The van der Waals surface area contributed by atoms with Gasteiger partial charge in [0, 0.05) is 19.0 Å². The van der Waals surface area contributed by atoms with Gasteiger partial charge in [-0.3, -0.25) is 9.59 Å². The molecule has 1 heterocycles. The van der Waals surface area contributed by atoms with Crippen LogP contribution in [0.4, 0.5) is 0 Å². The molecular weight excluding hydrogens is 218 g/mol. The largest absolute Gasteiger partial charge is 0.481 e. The number of hydrogen-bond acceptors (Lipinski definition) is 2. The highest BCUT2D eigenvalue weighted by molar-refractivity contribution is 5.86. The van der Waals surface area contributed by atoms with Crippen LogP contribution in [0, 0.1) is 5.92 Å². The van der Waals surface area contributed by atoms with Gasteiger partial charge >= 0.3 is 5.97 Å². The number of amides is 1. The summed E-state index contributed by atoms with van der Waals surface area (Å²) in [4.78, 5) is 24.3. The molecule has 17 heavy (non-hydrogen) atoms. The maximum absolute atomic E-state index is 11.7. The molecule has 4 heteroatoms. The Morgan fingerprint density at radius 1 is 1.47 bits per heavy atom. The predicted octanol–water partition coefficient (Wildman–Crippen LogP) is 2.28. The third kappa shape index (κ3) is 4.02. The Morgan fingerprint density at radius 2 is 2.18 bits per heavy atom. The Kier molecular flexibility index (Phi) is 5.45. The number of carbonyl (C=O) groups is 2. The van der Waals surface area contributed by atoms with Gasteiger partial charge < -0.3 is 10.0 Å². The van der Waals surface area contributed by atoms with Crippen molar-refractivity contribution in [3.63, 3.8) is 0 Å². The number of carboxylic acids is 1. The highest BCUT2D eigenvalue weighted by Gasteiger charge is 2.36. The monoisotopic (exact) mass is 241 g/mol. The molecule has 0 radical (unpaired) electrons. The van der Waals surface area contributed by atoms with Crippen LogP contribution < -0.4 is 0 Å². The van der Waals surface area contributed by atoms with Crippen molar-refractivity contribution in [3.05, 3.63) is 0 Å². The van der Waals surface area contributed by atoms with Gasteiger partial charge in [0.25, 0.3) is 0 Å². The summed E-state index contributed by atoms with van der Waals surface area (Å²) in [5.41, 5.74) is 0. The Hall–Kier alpha value is -1.06. The third-order valence-electron chi connectivity index (χ3n) is 3.52. The zero-order valence-corrected chi connectivity index (χ0v) is 10.8. The predicted molar refractivity (Wildman–Crippen MR) is 65.7 cm³/mol. The summed E-state index contributed by atoms with van der Waals surface area (Å²) >= 11 is 0. The lowest BCUT2D eigenvalue weighted by Crippen LogP contribution is -2.34. The molecule has 1 aliphatic rings. The molecule has 1 N–H and O–H groups in total. The van der Waals surface area contributed by atoms with Crippen LogP contribution in [0.1, 0.15) is 52.4 Å². The average Bonchev–Trinajstić information content (AvgIpc) is 2.67. The molecule has 0 aromatic carbocycles.